The van der Waals surface area contributed by atoms with Gasteiger partial charge in [0, 0.05) is 19.4 Å². The zero-order chi connectivity index (χ0) is 14.8. The molecule has 0 radical (unpaired) electrons. The summed E-state index contributed by atoms with van der Waals surface area (Å²) in [5, 5.41) is 3.24. The minimum Gasteiger partial charge on any atom is -0.336 e. The highest BCUT2D eigenvalue weighted by Crippen LogP contribution is 2.30. The highest BCUT2D eigenvalue weighted by molar-refractivity contribution is 5.30. The number of aromatic nitrogens is 2. The van der Waals surface area contributed by atoms with Crippen molar-refractivity contribution >= 4 is 0 Å². The third-order valence-corrected chi connectivity index (χ3v) is 3.10. The molecular formula is C14H16F3N3. The summed E-state index contributed by atoms with van der Waals surface area (Å²) in [5.41, 5.74) is 0.116. The van der Waals surface area contributed by atoms with E-state index in [1.54, 1.807) is 6.20 Å². The van der Waals surface area contributed by atoms with E-state index in [1.807, 2.05) is 24.7 Å². The van der Waals surface area contributed by atoms with Crippen LogP contribution in [0.1, 0.15) is 29.9 Å². The average Bonchev–Trinajstić information content (AvgIpc) is 2.81. The molecule has 1 aromatic heterocycles. The van der Waals surface area contributed by atoms with Gasteiger partial charge in [0.1, 0.15) is 5.82 Å². The van der Waals surface area contributed by atoms with Crippen LogP contribution >= 0.6 is 0 Å². The van der Waals surface area contributed by atoms with Crippen LogP contribution < -0.4 is 5.32 Å². The summed E-state index contributed by atoms with van der Waals surface area (Å²) in [6, 6.07) is 4.96. The Labute approximate surface area is 115 Å². The van der Waals surface area contributed by atoms with E-state index in [1.165, 1.54) is 12.1 Å². The number of hydrogen-bond donors (Lipinski definition) is 1. The Morgan fingerprint density at radius 2 is 1.90 bits per heavy atom. The Morgan fingerprint density at radius 1 is 1.25 bits per heavy atom. The van der Waals surface area contributed by atoms with Crippen LogP contribution in [0.4, 0.5) is 13.2 Å². The highest BCUT2D eigenvalue weighted by atomic mass is 19.4. The van der Waals surface area contributed by atoms with Crippen molar-refractivity contribution in [2.75, 3.05) is 6.54 Å². The lowest BCUT2D eigenvalue weighted by Crippen LogP contribution is -2.24. The molecule has 3 nitrogen and oxygen atoms in total. The lowest BCUT2D eigenvalue weighted by molar-refractivity contribution is -0.137. The molecule has 0 fully saturated rings. The maximum Gasteiger partial charge on any atom is 0.416 e. The molecular weight excluding hydrogens is 267 g/mol. The van der Waals surface area contributed by atoms with Gasteiger partial charge in [-0.3, -0.25) is 0 Å². The zero-order valence-corrected chi connectivity index (χ0v) is 11.3. The van der Waals surface area contributed by atoms with E-state index in [0.29, 0.717) is 6.54 Å². The Balaban J connectivity index is 2.33. The molecule has 1 aromatic carbocycles. The van der Waals surface area contributed by atoms with Gasteiger partial charge in [-0.15, -0.1) is 0 Å². The van der Waals surface area contributed by atoms with Crippen molar-refractivity contribution in [3.05, 3.63) is 53.6 Å². The molecule has 20 heavy (non-hydrogen) atoms. The second-order valence-electron chi connectivity index (χ2n) is 4.51. The molecule has 2 aromatic rings. The second-order valence-corrected chi connectivity index (χ2v) is 4.51. The summed E-state index contributed by atoms with van der Waals surface area (Å²) >= 11 is 0. The number of halogens is 3. The van der Waals surface area contributed by atoms with Crippen LogP contribution in [0.3, 0.4) is 0 Å². The fraction of sp³-hybridized carbons (Fsp3) is 0.357. The number of nitrogens with one attached hydrogen (secondary N) is 1. The summed E-state index contributed by atoms with van der Waals surface area (Å²) in [6.07, 6.45) is -0.830. The van der Waals surface area contributed by atoms with E-state index in [2.05, 4.69) is 10.3 Å². The first-order valence-electron chi connectivity index (χ1n) is 6.31. The van der Waals surface area contributed by atoms with Gasteiger partial charge in [0.05, 0.1) is 11.6 Å². The summed E-state index contributed by atoms with van der Waals surface area (Å²) in [6.45, 7) is 2.64. The summed E-state index contributed by atoms with van der Waals surface area (Å²) in [5.74, 6) is 0.770. The third-order valence-electron chi connectivity index (χ3n) is 3.10. The second kappa shape index (κ2) is 5.66. The van der Waals surface area contributed by atoms with Gasteiger partial charge in [-0.05, 0) is 24.2 Å². The van der Waals surface area contributed by atoms with Gasteiger partial charge in [0.2, 0.25) is 0 Å². The topological polar surface area (TPSA) is 29.9 Å². The maximum absolute atomic E-state index is 12.6. The van der Waals surface area contributed by atoms with Crippen LogP contribution in [0.5, 0.6) is 0 Å². The number of aryl methyl sites for hydroxylation is 1. The highest BCUT2D eigenvalue weighted by Gasteiger charge is 2.30. The number of hydrogen-bond acceptors (Lipinski definition) is 2. The average molecular weight is 283 g/mol. The van der Waals surface area contributed by atoms with E-state index < -0.39 is 11.7 Å². The molecule has 0 spiro atoms. The summed E-state index contributed by atoms with van der Waals surface area (Å²) in [4.78, 5) is 4.26. The molecule has 0 saturated heterocycles. The fourth-order valence-electron chi connectivity index (χ4n) is 2.08. The Kier molecular flexibility index (Phi) is 4.13. The van der Waals surface area contributed by atoms with Crippen molar-refractivity contribution < 1.29 is 13.2 Å². The first-order valence-corrected chi connectivity index (χ1v) is 6.31. The molecule has 0 bridgehead atoms. The molecule has 0 saturated carbocycles. The molecule has 1 heterocycles. The smallest absolute Gasteiger partial charge is 0.336 e. The zero-order valence-electron chi connectivity index (χ0n) is 11.3. The van der Waals surface area contributed by atoms with E-state index in [0.717, 1.165) is 23.5 Å². The minimum absolute atomic E-state index is 0.220. The lowest BCUT2D eigenvalue weighted by atomic mass is 10.0. The first kappa shape index (κ1) is 14.6. The molecule has 0 amide bonds. The normalized spacial score (nSPS) is 13.4. The van der Waals surface area contributed by atoms with Crippen molar-refractivity contribution in [1.29, 1.82) is 0 Å². The van der Waals surface area contributed by atoms with Crippen molar-refractivity contribution in [2.45, 2.75) is 19.1 Å². The van der Waals surface area contributed by atoms with Gasteiger partial charge >= 0.3 is 6.18 Å². The lowest BCUT2D eigenvalue weighted by Gasteiger charge is -2.18. The molecule has 2 rings (SSSR count). The van der Waals surface area contributed by atoms with E-state index in [-0.39, 0.29) is 6.04 Å². The number of alkyl halides is 3. The van der Waals surface area contributed by atoms with Gasteiger partial charge in [0.15, 0.2) is 0 Å². The molecule has 108 valence electrons. The van der Waals surface area contributed by atoms with Crippen molar-refractivity contribution in [1.82, 2.24) is 14.9 Å². The molecule has 0 aliphatic rings. The monoisotopic (exact) mass is 283 g/mol. The quantitative estimate of drug-likeness (QED) is 0.934. The van der Waals surface area contributed by atoms with E-state index in [4.69, 9.17) is 0 Å². The predicted molar refractivity (Wildman–Crippen MR) is 70.2 cm³/mol. The van der Waals surface area contributed by atoms with Crippen molar-refractivity contribution in [3.63, 3.8) is 0 Å². The maximum atomic E-state index is 12.6. The Morgan fingerprint density at radius 3 is 2.35 bits per heavy atom. The predicted octanol–water partition coefficient (Wildman–Crippen LogP) is 3.14. The van der Waals surface area contributed by atoms with E-state index >= 15 is 0 Å². The molecule has 1 atom stereocenters. The van der Waals surface area contributed by atoms with Gasteiger partial charge < -0.3 is 9.88 Å². The first-order chi connectivity index (χ1) is 9.43. The Bertz CT molecular complexity index is 558. The number of nitrogens with zero attached hydrogens (tertiary/aromatic N) is 2. The summed E-state index contributed by atoms with van der Waals surface area (Å²) in [7, 11) is 1.86. The van der Waals surface area contributed by atoms with Crippen molar-refractivity contribution in [3.8, 4) is 0 Å². The van der Waals surface area contributed by atoms with Crippen LogP contribution in [0.25, 0.3) is 0 Å². The number of benzene rings is 1. The van der Waals surface area contributed by atoms with Crippen LogP contribution in [0.15, 0.2) is 36.7 Å². The number of imidazole rings is 1. The minimum atomic E-state index is -4.31. The van der Waals surface area contributed by atoms with Crippen LogP contribution in [0.2, 0.25) is 0 Å². The molecule has 6 heteroatoms. The van der Waals surface area contributed by atoms with Crippen molar-refractivity contribution in [2.24, 2.45) is 7.05 Å². The van der Waals surface area contributed by atoms with E-state index in [9.17, 15) is 13.2 Å². The van der Waals surface area contributed by atoms with Gasteiger partial charge in [-0.2, -0.15) is 13.2 Å². The van der Waals surface area contributed by atoms with Crippen LogP contribution in [0, 0.1) is 0 Å². The SMILES string of the molecule is CCNC(c1ccc(C(F)(F)F)cc1)c1nccn1C. The van der Waals surface area contributed by atoms with Gasteiger partial charge in [-0.25, -0.2) is 4.98 Å². The largest absolute Gasteiger partial charge is 0.416 e. The van der Waals surface area contributed by atoms with Crippen LogP contribution in [-0.4, -0.2) is 16.1 Å². The molecule has 1 N–H and O–H groups in total. The van der Waals surface area contributed by atoms with Gasteiger partial charge in [0.25, 0.3) is 0 Å². The van der Waals surface area contributed by atoms with Crippen LogP contribution in [-0.2, 0) is 13.2 Å². The fourth-order valence-corrected chi connectivity index (χ4v) is 2.08. The molecule has 0 aliphatic carbocycles. The molecule has 0 aliphatic heterocycles. The standard InChI is InChI=1S/C14H16F3N3/c1-3-18-12(13-19-8-9-20(13)2)10-4-6-11(7-5-10)14(15,16)17/h4-9,12,18H,3H2,1-2H3. The molecule has 1 unspecified atom stereocenters. The Hall–Kier alpha value is -1.82. The number of rotatable bonds is 4. The third kappa shape index (κ3) is 3.01. The van der Waals surface area contributed by atoms with Gasteiger partial charge in [-0.1, -0.05) is 19.1 Å². The summed E-state index contributed by atoms with van der Waals surface area (Å²) < 4.78 is 39.6.